The van der Waals surface area contributed by atoms with Crippen molar-refractivity contribution in [3.05, 3.63) is 83.9 Å². The Morgan fingerprint density at radius 2 is 1.91 bits per heavy atom. The lowest BCUT2D eigenvalue weighted by molar-refractivity contribution is -0.144. The number of ether oxygens (including phenoxy) is 2. The number of amides is 1. The van der Waals surface area contributed by atoms with Gasteiger partial charge < -0.3 is 9.47 Å². The second-order valence-electron chi connectivity index (χ2n) is 7.35. The van der Waals surface area contributed by atoms with E-state index in [4.69, 9.17) is 9.47 Å². The van der Waals surface area contributed by atoms with Gasteiger partial charge in [0, 0.05) is 17.1 Å². The molecule has 0 aliphatic carbocycles. The van der Waals surface area contributed by atoms with Crippen molar-refractivity contribution in [2.24, 2.45) is 0 Å². The lowest BCUT2D eigenvalue weighted by Crippen LogP contribution is -2.42. The Hall–Kier alpha value is -4.04. The number of thiazole rings is 1. The molecule has 0 spiro atoms. The average Bonchev–Trinajstić information content (AvgIpc) is 3.36. The fourth-order valence-corrected chi connectivity index (χ4v) is 4.27. The van der Waals surface area contributed by atoms with Crippen LogP contribution in [0, 0.1) is 0 Å². The van der Waals surface area contributed by atoms with E-state index in [1.807, 2.05) is 66.0 Å². The highest BCUT2D eigenvalue weighted by Crippen LogP contribution is 2.37. The van der Waals surface area contributed by atoms with Crippen LogP contribution in [0.3, 0.4) is 0 Å². The van der Waals surface area contributed by atoms with Gasteiger partial charge in [0.15, 0.2) is 6.61 Å². The molecule has 3 heterocycles. The Bertz CT molecular complexity index is 1290. The minimum absolute atomic E-state index is 0.126. The first kappa shape index (κ1) is 20.8. The van der Waals surface area contributed by atoms with Gasteiger partial charge in [0.25, 0.3) is 5.91 Å². The minimum Gasteiger partial charge on any atom is -0.482 e. The molecule has 0 atom stereocenters. The van der Waals surface area contributed by atoms with Gasteiger partial charge in [0.1, 0.15) is 23.9 Å². The van der Waals surface area contributed by atoms with E-state index >= 15 is 0 Å². The third-order valence-corrected chi connectivity index (χ3v) is 5.98. The number of anilines is 1. The molecular formula is C25H19N3O4S. The van der Waals surface area contributed by atoms with Crippen LogP contribution in [0.2, 0.25) is 0 Å². The van der Waals surface area contributed by atoms with Crippen molar-refractivity contribution in [2.75, 3.05) is 18.1 Å². The molecule has 2 aromatic carbocycles. The summed E-state index contributed by atoms with van der Waals surface area (Å²) in [6.45, 7) is -0.166. The smallest absolute Gasteiger partial charge is 0.326 e. The van der Waals surface area contributed by atoms with Gasteiger partial charge >= 0.3 is 5.97 Å². The third kappa shape index (κ3) is 4.61. The topological polar surface area (TPSA) is 81.6 Å². The lowest BCUT2D eigenvalue weighted by Gasteiger charge is -2.29. The van der Waals surface area contributed by atoms with Crippen LogP contribution < -0.4 is 9.64 Å². The number of carbonyl (C=O) groups is 2. The van der Waals surface area contributed by atoms with E-state index in [-0.39, 0.29) is 25.7 Å². The number of nitrogens with zero attached hydrogens (tertiary/aromatic N) is 3. The van der Waals surface area contributed by atoms with Crippen LogP contribution in [0.1, 0.15) is 5.56 Å². The number of carbonyl (C=O) groups excluding carboxylic acids is 2. The number of benzene rings is 2. The number of fused-ring (bicyclic) bond motifs is 1. The zero-order valence-electron chi connectivity index (χ0n) is 17.5. The molecule has 1 aliphatic heterocycles. The molecule has 5 rings (SSSR count). The normalized spacial score (nSPS) is 12.7. The molecule has 7 nitrogen and oxygen atoms in total. The SMILES string of the molecule is O=C(CN1C(=O)COc2ccc(-c3csc(-c4ccccn4)n3)cc21)OCc1ccccc1. The van der Waals surface area contributed by atoms with Crippen molar-refractivity contribution in [3.63, 3.8) is 0 Å². The van der Waals surface area contributed by atoms with Crippen molar-refractivity contribution >= 4 is 28.9 Å². The summed E-state index contributed by atoms with van der Waals surface area (Å²) in [6, 6.07) is 20.6. The van der Waals surface area contributed by atoms with Crippen LogP contribution in [0.15, 0.2) is 78.3 Å². The van der Waals surface area contributed by atoms with Crippen LogP contribution in [-0.2, 0) is 20.9 Å². The summed E-state index contributed by atoms with van der Waals surface area (Å²) in [5.74, 6) is -0.255. The van der Waals surface area contributed by atoms with Gasteiger partial charge in [-0.1, -0.05) is 36.4 Å². The minimum atomic E-state index is -0.489. The van der Waals surface area contributed by atoms with Gasteiger partial charge in [-0.05, 0) is 35.9 Å². The highest BCUT2D eigenvalue weighted by atomic mass is 32.1. The van der Waals surface area contributed by atoms with Crippen molar-refractivity contribution in [1.82, 2.24) is 9.97 Å². The summed E-state index contributed by atoms with van der Waals surface area (Å²) in [6.07, 6.45) is 1.73. The third-order valence-electron chi connectivity index (χ3n) is 5.12. The molecule has 4 aromatic rings. The Labute approximate surface area is 194 Å². The molecule has 0 unspecified atom stereocenters. The molecule has 2 aromatic heterocycles. The summed E-state index contributed by atoms with van der Waals surface area (Å²) in [5, 5.41) is 2.74. The largest absolute Gasteiger partial charge is 0.482 e. The van der Waals surface area contributed by atoms with Gasteiger partial charge in [0.2, 0.25) is 0 Å². The number of pyridine rings is 1. The zero-order chi connectivity index (χ0) is 22.6. The molecule has 164 valence electrons. The van der Waals surface area contributed by atoms with Crippen molar-refractivity contribution < 1.29 is 19.1 Å². The molecule has 0 radical (unpaired) electrons. The quantitative estimate of drug-likeness (QED) is 0.401. The molecular weight excluding hydrogens is 438 g/mol. The number of hydrogen-bond donors (Lipinski definition) is 0. The van der Waals surface area contributed by atoms with Crippen molar-refractivity contribution in [3.8, 4) is 27.7 Å². The van der Waals surface area contributed by atoms with Crippen LogP contribution in [-0.4, -0.2) is 35.0 Å². The van der Waals surface area contributed by atoms with E-state index in [1.165, 1.54) is 16.2 Å². The number of aromatic nitrogens is 2. The van der Waals surface area contributed by atoms with Gasteiger partial charge in [-0.2, -0.15) is 0 Å². The molecule has 0 saturated heterocycles. The molecule has 0 bridgehead atoms. The second-order valence-corrected chi connectivity index (χ2v) is 8.21. The Morgan fingerprint density at radius 1 is 1.06 bits per heavy atom. The fourth-order valence-electron chi connectivity index (χ4n) is 3.46. The summed E-state index contributed by atoms with van der Waals surface area (Å²) in [5.41, 5.74) is 3.77. The number of esters is 1. The fraction of sp³-hybridized carbons (Fsp3) is 0.120. The summed E-state index contributed by atoms with van der Waals surface area (Å²) in [7, 11) is 0. The molecule has 8 heteroatoms. The standard InChI is InChI=1S/C25H19N3O4S/c29-23-15-31-22-10-9-18(20-16-33-25(27-20)19-8-4-5-11-26-19)12-21(22)28(23)13-24(30)32-14-17-6-2-1-3-7-17/h1-12,16H,13-15H2. The monoisotopic (exact) mass is 457 g/mol. The molecule has 33 heavy (non-hydrogen) atoms. The molecule has 1 aliphatic rings. The maximum absolute atomic E-state index is 12.6. The van der Waals surface area contributed by atoms with E-state index in [2.05, 4.69) is 9.97 Å². The van der Waals surface area contributed by atoms with E-state index in [1.54, 1.807) is 12.3 Å². The molecule has 0 N–H and O–H groups in total. The Kier molecular flexibility index (Phi) is 5.82. The summed E-state index contributed by atoms with van der Waals surface area (Å²) < 4.78 is 10.9. The van der Waals surface area contributed by atoms with E-state index in [0.717, 1.165) is 27.5 Å². The van der Waals surface area contributed by atoms with E-state index < -0.39 is 5.97 Å². The van der Waals surface area contributed by atoms with Crippen LogP contribution in [0.25, 0.3) is 22.0 Å². The van der Waals surface area contributed by atoms with E-state index in [9.17, 15) is 9.59 Å². The lowest BCUT2D eigenvalue weighted by atomic mass is 10.1. The summed E-state index contributed by atoms with van der Waals surface area (Å²) >= 11 is 1.49. The van der Waals surface area contributed by atoms with Crippen molar-refractivity contribution in [2.45, 2.75) is 6.61 Å². The second kappa shape index (κ2) is 9.22. The first-order valence-corrected chi connectivity index (χ1v) is 11.2. The van der Waals surface area contributed by atoms with Crippen molar-refractivity contribution in [1.29, 1.82) is 0 Å². The van der Waals surface area contributed by atoms with Gasteiger partial charge in [-0.15, -0.1) is 11.3 Å². The highest BCUT2D eigenvalue weighted by molar-refractivity contribution is 7.13. The van der Waals surface area contributed by atoms with Gasteiger partial charge in [0.05, 0.1) is 17.1 Å². The highest BCUT2D eigenvalue weighted by Gasteiger charge is 2.28. The predicted molar refractivity (Wildman–Crippen MR) is 125 cm³/mol. The Morgan fingerprint density at radius 3 is 2.73 bits per heavy atom. The number of hydrogen-bond acceptors (Lipinski definition) is 7. The molecule has 0 saturated carbocycles. The van der Waals surface area contributed by atoms with Crippen LogP contribution in [0.5, 0.6) is 5.75 Å². The maximum Gasteiger partial charge on any atom is 0.326 e. The molecule has 0 fully saturated rings. The van der Waals surface area contributed by atoms with Crippen LogP contribution >= 0.6 is 11.3 Å². The predicted octanol–water partition coefficient (Wildman–Crippen LogP) is 4.34. The Balaban J connectivity index is 1.36. The number of rotatable bonds is 6. The first-order valence-electron chi connectivity index (χ1n) is 10.3. The van der Waals surface area contributed by atoms with E-state index in [0.29, 0.717) is 11.4 Å². The summed E-state index contributed by atoms with van der Waals surface area (Å²) in [4.78, 5) is 35.5. The average molecular weight is 458 g/mol. The van der Waals surface area contributed by atoms with Gasteiger partial charge in [-0.3, -0.25) is 19.5 Å². The zero-order valence-corrected chi connectivity index (χ0v) is 18.3. The molecule has 1 amide bonds. The maximum atomic E-state index is 12.6. The van der Waals surface area contributed by atoms with Gasteiger partial charge in [-0.25, -0.2) is 4.98 Å². The van der Waals surface area contributed by atoms with Crippen LogP contribution in [0.4, 0.5) is 5.69 Å². The first-order chi connectivity index (χ1) is 16.2.